The molecule has 1 rings (SSSR count). The van der Waals surface area contributed by atoms with E-state index in [4.69, 9.17) is 17.3 Å². The Morgan fingerprint density at radius 1 is 1.59 bits per heavy atom. The maximum absolute atomic E-state index is 10.7. The summed E-state index contributed by atoms with van der Waals surface area (Å²) in [7, 11) is 1.90. The zero-order chi connectivity index (χ0) is 12.7. The van der Waals surface area contributed by atoms with Crippen LogP contribution in [0.1, 0.15) is 23.5 Å². The van der Waals surface area contributed by atoms with Gasteiger partial charge in [0.05, 0.1) is 23.1 Å². The van der Waals surface area contributed by atoms with Gasteiger partial charge in [0, 0.05) is 5.38 Å². The van der Waals surface area contributed by atoms with Crippen molar-refractivity contribution < 1.29 is 4.79 Å². The highest BCUT2D eigenvalue weighted by atomic mass is 35.5. The molecule has 17 heavy (non-hydrogen) atoms. The van der Waals surface area contributed by atoms with Crippen molar-refractivity contribution >= 4 is 28.8 Å². The quantitative estimate of drug-likeness (QED) is 0.579. The number of aromatic nitrogens is 1. The van der Waals surface area contributed by atoms with Crippen molar-refractivity contribution in [1.29, 1.82) is 0 Å². The first-order valence-corrected chi connectivity index (χ1v) is 6.99. The molecule has 1 amide bonds. The molecule has 0 aromatic carbocycles. The van der Waals surface area contributed by atoms with Crippen LogP contribution < -0.4 is 5.73 Å². The molecule has 4 nitrogen and oxygen atoms in total. The number of primary amides is 1. The summed E-state index contributed by atoms with van der Waals surface area (Å²) in [6.45, 7) is 1.21. The normalized spacial score (nSPS) is 11.0. The number of nitrogens with two attached hydrogens (primary N) is 1. The van der Waals surface area contributed by atoms with E-state index < -0.39 is 0 Å². The average molecular weight is 276 g/mol. The molecule has 0 spiro atoms. The number of rotatable bonds is 8. The largest absolute Gasteiger partial charge is 0.369 e. The Bertz CT molecular complexity index is 356. The Labute approximate surface area is 111 Å². The van der Waals surface area contributed by atoms with Crippen LogP contribution in [0, 0.1) is 0 Å². The molecule has 0 aliphatic rings. The number of carbonyl (C=O) groups excluding carboxylic acids is 1. The van der Waals surface area contributed by atoms with Gasteiger partial charge in [-0.1, -0.05) is 0 Å². The number of thiazole rings is 1. The molecule has 0 aliphatic carbocycles. The lowest BCUT2D eigenvalue weighted by atomic mass is 10.2. The Morgan fingerprint density at radius 3 is 2.94 bits per heavy atom. The topological polar surface area (TPSA) is 59.2 Å². The molecule has 0 saturated carbocycles. The number of hydrogen-bond acceptors (Lipinski definition) is 4. The minimum Gasteiger partial charge on any atom is -0.369 e. The monoisotopic (exact) mass is 275 g/mol. The lowest BCUT2D eigenvalue weighted by Gasteiger charge is -2.13. The maximum atomic E-state index is 10.7. The summed E-state index contributed by atoms with van der Waals surface area (Å²) < 4.78 is 0. The third-order valence-corrected chi connectivity index (χ3v) is 3.57. The summed E-state index contributed by atoms with van der Waals surface area (Å²) in [5.74, 6) is 0.205. The number of amides is 1. The van der Waals surface area contributed by atoms with E-state index in [-0.39, 0.29) is 5.91 Å². The van der Waals surface area contributed by atoms with E-state index in [1.807, 2.05) is 17.3 Å². The smallest absolute Gasteiger partial charge is 0.231 e. The predicted molar refractivity (Wildman–Crippen MR) is 71.3 cm³/mol. The van der Waals surface area contributed by atoms with Crippen LogP contribution in [0.5, 0.6) is 0 Å². The first kappa shape index (κ1) is 14.4. The van der Waals surface area contributed by atoms with E-state index in [1.165, 1.54) is 0 Å². The molecule has 0 unspecified atom stereocenters. The highest BCUT2D eigenvalue weighted by Gasteiger charge is 2.03. The zero-order valence-electron chi connectivity index (χ0n) is 9.99. The number of unbranched alkanes of at least 4 members (excludes halogenated alkanes) is 1. The second-order valence-electron chi connectivity index (χ2n) is 4.03. The molecule has 2 N–H and O–H groups in total. The van der Waals surface area contributed by atoms with Crippen molar-refractivity contribution in [2.24, 2.45) is 5.73 Å². The minimum atomic E-state index is -0.279. The number of carbonyl (C=O) groups is 1. The van der Waals surface area contributed by atoms with Crippen molar-refractivity contribution in [3.63, 3.8) is 0 Å². The molecule has 1 heterocycles. The van der Waals surface area contributed by atoms with Crippen LogP contribution in [0.15, 0.2) is 5.38 Å². The number of halogens is 1. The lowest BCUT2D eigenvalue weighted by molar-refractivity contribution is -0.118. The van der Waals surface area contributed by atoms with Crippen molar-refractivity contribution in [2.75, 3.05) is 20.1 Å². The maximum Gasteiger partial charge on any atom is 0.231 e. The highest BCUT2D eigenvalue weighted by molar-refractivity contribution is 7.09. The second-order valence-corrected chi connectivity index (χ2v) is 5.24. The molecule has 0 atom stereocenters. The minimum absolute atomic E-state index is 0.279. The molecule has 0 bridgehead atoms. The Hall–Kier alpha value is -0.650. The summed E-state index contributed by atoms with van der Waals surface area (Å²) in [4.78, 5) is 17.0. The van der Waals surface area contributed by atoms with Gasteiger partial charge < -0.3 is 5.73 Å². The highest BCUT2D eigenvalue weighted by Crippen LogP contribution is 2.14. The predicted octanol–water partition coefficient (Wildman–Crippen LogP) is 1.62. The third-order valence-electron chi connectivity index (χ3n) is 2.34. The summed E-state index contributed by atoms with van der Waals surface area (Å²) in [5, 5.41) is 3.14. The standard InChI is InChI=1S/C11H18ClN3OS/c1-15(7-10(13)16)5-3-2-4-11-14-9(6-12)8-17-11/h8H,2-7H2,1H3,(H2,13,16). The SMILES string of the molecule is CN(CCCCc1nc(CCl)cs1)CC(N)=O. The van der Waals surface area contributed by atoms with Crippen LogP contribution in [0.4, 0.5) is 0 Å². The molecule has 96 valence electrons. The molecule has 0 radical (unpaired) electrons. The van der Waals surface area contributed by atoms with Crippen LogP contribution in [0.25, 0.3) is 0 Å². The Balaban J connectivity index is 2.13. The van der Waals surface area contributed by atoms with Gasteiger partial charge in [0.2, 0.25) is 5.91 Å². The van der Waals surface area contributed by atoms with Gasteiger partial charge in [-0.05, 0) is 32.9 Å². The third kappa shape index (κ3) is 6.00. The number of nitrogens with zero attached hydrogens (tertiary/aromatic N) is 2. The van der Waals surface area contributed by atoms with E-state index in [2.05, 4.69) is 4.98 Å². The fourth-order valence-corrected chi connectivity index (χ4v) is 2.60. The van der Waals surface area contributed by atoms with Gasteiger partial charge in [0.25, 0.3) is 0 Å². The van der Waals surface area contributed by atoms with Gasteiger partial charge >= 0.3 is 0 Å². The number of alkyl halides is 1. The fourth-order valence-electron chi connectivity index (χ4n) is 1.53. The Morgan fingerprint density at radius 2 is 2.35 bits per heavy atom. The van der Waals surface area contributed by atoms with E-state index in [0.717, 1.165) is 36.5 Å². The molecule has 0 aliphatic heterocycles. The van der Waals surface area contributed by atoms with E-state index in [1.54, 1.807) is 11.3 Å². The lowest BCUT2D eigenvalue weighted by Crippen LogP contribution is -2.31. The van der Waals surface area contributed by atoms with Crippen LogP contribution in [0.2, 0.25) is 0 Å². The molecule has 6 heteroatoms. The zero-order valence-corrected chi connectivity index (χ0v) is 11.6. The molecule has 0 saturated heterocycles. The van der Waals surface area contributed by atoms with E-state index >= 15 is 0 Å². The second kappa shape index (κ2) is 7.63. The van der Waals surface area contributed by atoms with Gasteiger partial charge in [0.15, 0.2) is 0 Å². The number of aryl methyl sites for hydroxylation is 1. The average Bonchev–Trinajstić information content (AvgIpc) is 2.71. The van der Waals surface area contributed by atoms with Gasteiger partial charge in [-0.3, -0.25) is 9.69 Å². The van der Waals surface area contributed by atoms with Crippen LogP contribution >= 0.6 is 22.9 Å². The summed E-state index contributed by atoms with van der Waals surface area (Å²) in [5.41, 5.74) is 6.06. The fraction of sp³-hybridized carbons (Fsp3) is 0.636. The van der Waals surface area contributed by atoms with Crippen LogP contribution in [-0.4, -0.2) is 35.9 Å². The summed E-state index contributed by atoms with van der Waals surface area (Å²) >= 11 is 7.35. The summed E-state index contributed by atoms with van der Waals surface area (Å²) in [6.07, 6.45) is 3.09. The van der Waals surface area contributed by atoms with Crippen molar-refractivity contribution in [3.05, 3.63) is 16.1 Å². The van der Waals surface area contributed by atoms with E-state index in [0.29, 0.717) is 12.4 Å². The molecule has 1 aromatic heterocycles. The van der Waals surface area contributed by atoms with Gasteiger partial charge in [-0.2, -0.15) is 0 Å². The first-order valence-electron chi connectivity index (χ1n) is 5.58. The van der Waals surface area contributed by atoms with Crippen molar-refractivity contribution in [1.82, 2.24) is 9.88 Å². The summed E-state index contributed by atoms with van der Waals surface area (Å²) in [6, 6.07) is 0. The number of likely N-dealkylation sites (N-methyl/N-ethyl adjacent to an activating group) is 1. The van der Waals surface area contributed by atoms with Crippen molar-refractivity contribution in [2.45, 2.75) is 25.1 Å². The molecular formula is C11H18ClN3OS. The molecule has 0 fully saturated rings. The van der Waals surface area contributed by atoms with Gasteiger partial charge in [-0.25, -0.2) is 4.98 Å². The van der Waals surface area contributed by atoms with Crippen molar-refractivity contribution in [3.8, 4) is 0 Å². The Kier molecular flexibility index (Phi) is 6.47. The van der Waals surface area contributed by atoms with Crippen LogP contribution in [-0.2, 0) is 17.1 Å². The van der Waals surface area contributed by atoms with E-state index in [9.17, 15) is 4.79 Å². The number of hydrogen-bond donors (Lipinski definition) is 1. The van der Waals surface area contributed by atoms with Gasteiger partial charge in [-0.15, -0.1) is 22.9 Å². The van der Waals surface area contributed by atoms with Crippen LogP contribution in [0.3, 0.4) is 0 Å². The molecule has 1 aromatic rings. The molecular weight excluding hydrogens is 258 g/mol. The van der Waals surface area contributed by atoms with Gasteiger partial charge in [0.1, 0.15) is 0 Å². The first-order chi connectivity index (χ1) is 8.11.